The monoisotopic (exact) mass is 201 g/mol. The number of pyridine rings is 1. The summed E-state index contributed by atoms with van der Waals surface area (Å²) in [6, 6.07) is 1.86. The average Bonchev–Trinajstić information content (AvgIpc) is 2.41. The molecule has 0 bridgehead atoms. The van der Waals surface area contributed by atoms with Gasteiger partial charge in [0.15, 0.2) is 0 Å². The van der Waals surface area contributed by atoms with E-state index in [1.165, 1.54) is 6.92 Å². The number of aromatic nitrogens is 1. The molecular weight excluding hydrogens is 190 g/mol. The Morgan fingerprint density at radius 3 is 3.20 bits per heavy atom. The van der Waals surface area contributed by atoms with E-state index in [4.69, 9.17) is 4.74 Å². The fraction of sp³-hybridized carbons (Fsp3) is 0.167. The third kappa shape index (κ3) is 2.13. The summed E-state index contributed by atoms with van der Waals surface area (Å²) in [7, 11) is 0. The molecule has 76 valence electrons. The highest BCUT2D eigenvalue weighted by molar-refractivity contribution is 5.71. The van der Waals surface area contributed by atoms with Crippen LogP contribution in [0.5, 0.6) is 0 Å². The molecule has 2 rings (SSSR count). The van der Waals surface area contributed by atoms with Crippen molar-refractivity contribution in [3.05, 3.63) is 41.0 Å². The van der Waals surface area contributed by atoms with Crippen molar-refractivity contribution in [1.29, 1.82) is 0 Å². The lowest BCUT2D eigenvalue weighted by atomic mass is 10.2. The fourth-order valence-corrected chi connectivity index (χ4v) is 1.52. The SMILES string of the molecule is CC(=O)OC1=c2ccncc2=CC=CC1. The molecule has 0 aliphatic heterocycles. The first kappa shape index (κ1) is 9.65. The fourth-order valence-electron chi connectivity index (χ4n) is 1.52. The summed E-state index contributed by atoms with van der Waals surface area (Å²) in [5, 5.41) is 1.91. The first-order valence-corrected chi connectivity index (χ1v) is 4.76. The van der Waals surface area contributed by atoms with Crippen LogP contribution in [0.4, 0.5) is 0 Å². The summed E-state index contributed by atoms with van der Waals surface area (Å²) in [6.45, 7) is 1.41. The molecule has 0 unspecified atom stereocenters. The number of allylic oxidation sites excluding steroid dienone is 1. The van der Waals surface area contributed by atoms with E-state index in [0.717, 1.165) is 10.4 Å². The van der Waals surface area contributed by atoms with E-state index in [-0.39, 0.29) is 5.97 Å². The molecule has 1 aliphatic carbocycles. The van der Waals surface area contributed by atoms with Gasteiger partial charge in [-0.1, -0.05) is 18.2 Å². The molecule has 0 radical (unpaired) electrons. The smallest absolute Gasteiger partial charge is 0.307 e. The summed E-state index contributed by atoms with van der Waals surface area (Å²) in [5.74, 6) is 0.396. The molecule has 1 aliphatic rings. The second kappa shape index (κ2) is 4.09. The van der Waals surface area contributed by atoms with Gasteiger partial charge in [0.1, 0.15) is 5.76 Å². The Morgan fingerprint density at radius 1 is 1.53 bits per heavy atom. The van der Waals surface area contributed by atoms with Gasteiger partial charge in [-0.15, -0.1) is 0 Å². The summed E-state index contributed by atoms with van der Waals surface area (Å²) < 4.78 is 5.18. The van der Waals surface area contributed by atoms with Crippen molar-refractivity contribution in [3.63, 3.8) is 0 Å². The van der Waals surface area contributed by atoms with Gasteiger partial charge in [-0.3, -0.25) is 9.78 Å². The van der Waals surface area contributed by atoms with Crippen LogP contribution in [0.25, 0.3) is 11.8 Å². The standard InChI is InChI=1S/C12H11NO2/c1-9(14)15-12-5-3-2-4-10-8-13-7-6-11(10)12/h2-4,6-8H,5H2,1H3. The van der Waals surface area contributed by atoms with Crippen molar-refractivity contribution in [2.45, 2.75) is 13.3 Å². The van der Waals surface area contributed by atoms with Crippen LogP contribution in [0.2, 0.25) is 0 Å². The maximum Gasteiger partial charge on any atom is 0.307 e. The van der Waals surface area contributed by atoms with Gasteiger partial charge in [0.25, 0.3) is 0 Å². The second-order valence-corrected chi connectivity index (χ2v) is 3.28. The Hall–Kier alpha value is -1.90. The lowest BCUT2D eigenvalue weighted by Crippen LogP contribution is -2.27. The Labute approximate surface area is 87.4 Å². The minimum atomic E-state index is -0.289. The van der Waals surface area contributed by atoms with E-state index < -0.39 is 0 Å². The predicted octanol–water partition coefficient (Wildman–Crippen LogP) is 0.493. The van der Waals surface area contributed by atoms with Crippen molar-refractivity contribution in [1.82, 2.24) is 4.98 Å². The molecular formula is C12H11NO2. The zero-order chi connectivity index (χ0) is 10.7. The van der Waals surface area contributed by atoms with Crippen LogP contribution < -0.4 is 10.4 Å². The van der Waals surface area contributed by atoms with Crippen LogP contribution in [0.3, 0.4) is 0 Å². The highest BCUT2D eigenvalue weighted by Gasteiger charge is 2.04. The number of carbonyl (C=O) groups is 1. The molecule has 1 aromatic rings. The molecule has 0 atom stereocenters. The van der Waals surface area contributed by atoms with Crippen molar-refractivity contribution < 1.29 is 9.53 Å². The molecule has 0 saturated heterocycles. The summed E-state index contributed by atoms with van der Waals surface area (Å²) in [6.07, 6.45) is 9.94. The zero-order valence-electron chi connectivity index (χ0n) is 8.43. The van der Waals surface area contributed by atoms with Gasteiger partial charge in [-0.2, -0.15) is 0 Å². The van der Waals surface area contributed by atoms with Crippen LogP contribution in [0.15, 0.2) is 30.6 Å². The quantitative estimate of drug-likeness (QED) is 0.621. The van der Waals surface area contributed by atoms with Gasteiger partial charge in [0.05, 0.1) is 0 Å². The van der Waals surface area contributed by atoms with Gasteiger partial charge >= 0.3 is 5.97 Å². The van der Waals surface area contributed by atoms with Crippen LogP contribution in [0.1, 0.15) is 13.3 Å². The molecule has 0 aromatic carbocycles. The number of hydrogen-bond donors (Lipinski definition) is 0. The van der Waals surface area contributed by atoms with Crippen LogP contribution in [0, 0.1) is 0 Å². The second-order valence-electron chi connectivity index (χ2n) is 3.28. The molecule has 0 saturated carbocycles. The normalized spacial score (nSPS) is 13.8. The minimum Gasteiger partial charge on any atom is -0.430 e. The largest absolute Gasteiger partial charge is 0.430 e. The molecule has 1 aromatic heterocycles. The van der Waals surface area contributed by atoms with E-state index in [9.17, 15) is 4.79 Å². The van der Waals surface area contributed by atoms with E-state index in [2.05, 4.69) is 4.98 Å². The third-order valence-corrected chi connectivity index (χ3v) is 2.13. The van der Waals surface area contributed by atoms with Gasteiger partial charge in [-0.25, -0.2) is 0 Å². The number of hydrogen-bond acceptors (Lipinski definition) is 3. The Morgan fingerprint density at radius 2 is 2.40 bits per heavy atom. The van der Waals surface area contributed by atoms with Crippen LogP contribution in [-0.2, 0) is 9.53 Å². The average molecular weight is 201 g/mol. The van der Waals surface area contributed by atoms with Crippen molar-refractivity contribution in [2.75, 3.05) is 0 Å². The maximum atomic E-state index is 10.9. The number of carbonyl (C=O) groups excluding carboxylic acids is 1. The van der Waals surface area contributed by atoms with E-state index >= 15 is 0 Å². The molecule has 0 fully saturated rings. The Bertz CT molecular complexity index is 529. The summed E-state index contributed by atoms with van der Waals surface area (Å²) >= 11 is 0. The molecule has 0 amide bonds. The van der Waals surface area contributed by atoms with Crippen molar-refractivity contribution >= 4 is 17.8 Å². The highest BCUT2D eigenvalue weighted by Crippen LogP contribution is 2.05. The van der Waals surface area contributed by atoms with E-state index in [1.54, 1.807) is 12.4 Å². The van der Waals surface area contributed by atoms with Gasteiger partial charge < -0.3 is 4.74 Å². The van der Waals surface area contributed by atoms with Crippen LogP contribution >= 0.6 is 0 Å². The maximum absolute atomic E-state index is 10.9. The third-order valence-electron chi connectivity index (χ3n) is 2.13. The molecule has 0 spiro atoms. The Balaban J connectivity index is 2.65. The first-order chi connectivity index (χ1) is 7.27. The number of rotatable bonds is 1. The molecule has 3 nitrogen and oxygen atoms in total. The topological polar surface area (TPSA) is 39.2 Å². The number of esters is 1. The number of ether oxygens (including phenoxy) is 1. The summed E-state index contributed by atoms with van der Waals surface area (Å²) in [4.78, 5) is 15.0. The predicted molar refractivity (Wildman–Crippen MR) is 56.9 cm³/mol. The van der Waals surface area contributed by atoms with Gasteiger partial charge in [0.2, 0.25) is 0 Å². The number of fused-ring (bicyclic) bond motifs is 1. The zero-order valence-corrected chi connectivity index (χ0v) is 8.43. The number of nitrogens with zero attached hydrogens (tertiary/aromatic N) is 1. The van der Waals surface area contributed by atoms with E-state index in [1.807, 2.05) is 24.3 Å². The van der Waals surface area contributed by atoms with Crippen molar-refractivity contribution in [3.8, 4) is 0 Å². The van der Waals surface area contributed by atoms with Crippen LogP contribution in [-0.4, -0.2) is 11.0 Å². The molecule has 3 heteroatoms. The highest BCUT2D eigenvalue weighted by atomic mass is 16.5. The molecule has 15 heavy (non-hydrogen) atoms. The van der Waals surface area contributed by atoms with E-state index in [0.29, 0.717) is 12.2 Å². The minimum absolute atomic E-state index is 0.289. The summed E-state index contributed by atoms with van der Waals surface area (Å²) in [5.41, 5.74) is 0. The first-order valence-electron chi connectivity index (χ1n) is 4.76. The Kier molecular flexibility index (Phi) is 2.63. The lowest BCUT2D eigenvalue weighted by molar-refractivity contribution is -0.134. The molecule has 1 heterocycles. The van der Waals surface area contributed by atoms with Crippen molar-refractivity contribution in [2.24, 2.45) is 0 Å². The van der Waals surface area contributed by atoms with Gasteiger partial charge in [0, 0.05) is 36.2 Å². The lowest BCUT2D eigenvalue weighted by Gasteiger charge is -2.03. The van der Waals surface area contributed by atoms with Gasteiger partial charge in [-0.05, 0) is 6.07 Å². The molecule has 0 N–H and O–H groups in total.